The van der Waals surface area contributed by atoms with Gasteiger partial charge in [-0.1, -0.05) is 0 Å². The topological polar surface area (TPSA) is 67.2 Å². The predicted octanol–water partition coefficient (Wildman–Crippen LogP) is 4.33. The molecular formula is C15H16IN3OS. The molecule has 0 saturated heterocycles. The summed E-state index contributed by atoms with van der Waals surface area (Å²) in [5.41, 5.74) is 8.31. The fourth-order valence-corrected chi connectivity index (χ4v) is 4.78. The van der Waals surface area contributed by atoms with E-state index in [0.29, 0.717) is 11.7 Å². The Labute approximate surface area is 141 Å². The van der Waals surface area contributed by atoms with Crippen molar-refractivity contribution in [2.45, 2.75) is 25.3 Å². The highest BCUT2D eigenvalue weighted by Gasteiger charge is 2.22. The Morgan fingerprint density at radius 1 is 1.29 bits per heavy atom. The third-order valence-corrected chi connectivity index (χ3v) is 5.55. The summed E-state index contributed by atoms with van der Waals surface area (Å²) in [5.74, 6) is 0. The van der Waals surface area contributed by atoms with E-state index in [1.807, 2.05) is 35.6 Å². The van der Waals surface area contributed by atoms with E-state index in [9.17, 15) is 4.79 Å². The molecule has 1 atom stereocenters. The predicted molar refractivity (Wildman–Crippen MR) is 96.0 cm³/mol. The summed E-state index contributed by atoms with van der Waals surface area (Å²) in [4.78, 5) is 12.3. The van der Waals surface area contributed by atoms with Crippen molar-refractivity contribution in [3.8, 4) is 0 Å². The lowest BCUT2D eigenvalue weighted by molar-refractivity contribution is 0.259. The summed E-state index contributed by atoms with van der Waals surface area (Å²) in [7, 11) is 0. The van der Waals surface area contributed by atoms with Crippen LogP contribution in [0.25, 0.3) is 0 Å². The molecule has 1 aromatic carbocycles. The highest BCUT2D eigenvalue weighted by Crippen LogP contribution is 2.38. The maximum Gasteiger partial charge on any atom is 0.316 e. The first-order valence-electron chi connectivity index (χ1n) is 6.83. The minimum atomic E-state index is -0.541. The highest BCUT2D eigenvalue weighted by atomic mass is 127. The van der Waals surface area contributed by atoms with Gasteiger partial charge in [0.15, 0.2) is 0 Å². The average molecular weight is 413 g/mol. The Kier molecular flexibility index (Phi) is 4.34. The number of aryl methyl sites for hydroxylation is 1. The summed E-state index contributed by atoms with van der Waals surface area (Å²) in [5, 5.41) is 6.16. The van der Waals surface area contributed by atoms with E-state index in [2.05, 4.69) is 39.3 Å². The fraction of sp³-hybridized carbons (Fsp3) is 0.267. The van der Waals surface area contributed by atoms with Gasteiger partial charge in [0.25, 0.3) is 0 Å². The molecule has 2 aromatic rings. The molecule has 2 amide bonds. The molecule has 4 N–H and O–H groups in total. The van der Waals surface area contributed by atoms with E-state index in [1.54, 1.807) is 0 Å². The first-order chi connectivity index (χ1) is 10.1. The summed E-state index contributed by atoms with van der Waals surface area (Å²) in [6, 6.07) is 9.78. The second kappa shape index (κ2) is 6.23. The van der Waals surface area contributed by atoms with Gasteiger partial charge in [0.1, 0.15) is 0 Å². The number of rotatable bonds is 3. The Hall–Kier alpha value is -1.28. The van der Waals surface area contributed by atoms with Crippen LogP contribution >= 0.6 is 33.9 Å². The molecule has 0 spiro atoms. The van der Waals surface area contributed by atoms with E-state index in [1.165, 1.54) is 26.2 Å². The van der Waals surface area contributed by atoms with Crippen LogP contribution < -0.4 is 16.4 Å². The first kappa shape index (κ1) is 14.6. The van der Waals surface area contributed by atoms with Crippen molar-refractivity contribution in [1.82, 2.24) is 0 Å². The molecule has 4 nitrogen and oxygen atoms in total. The molecule has 1 unspecified atom stereocenters. The van der Waals surface area contributed by atoms with Crippen LogP contribution in [0.15, 0.2) is 30.3 Å². The summed E-state index contributed by atoms with van der Waals surface area (Å²) in [6.45, 7) is 0. The maximum atomic E-state index is 10.8. The van der Waals surface area contributed by atoms with Crippen molar-refractivity contribution < 1.29 is 4.79 Å². The zero-order chi connectivity index (χ0) is 14.8. The van der Waals surface area contributed by atoms with Gasteiger partial charge in [-0.05, 0) is 77.7 Å². The molecule has 21 heavy (non-hydrogen) atoms. The molecule has 110 valence electrons. The molecule has 1 aliphatic rings. The van der Waals surface area contributed by atoms with Crippen molar-refractivity contribution in [2.24, 2.45) is 5.73 Å². The number of hydrogen-bond donors (Lipinski definition) is 3. The second-order valence-corrected chi connectivity index (χ2v) is 8.12. The Morgan fingerprint density at radius 2 is 2.00 bits per heavy atom. The van der Waals surface area contributed by atoms with Crippen molar-refractivity contribution >= 4 is 51.3 Å². The summed E-state index contributed by atoms with van der Waals surface area (Å²) >= 11 is 4.29. The van der Waals surface area contributed by atoms with E-state index in [-0.39, 0.29) is 0 Å². The van der Waals surface area contributed by atoms with E-state index < -0.39 is 6.03 Å². The maximum absolute atomic E-state index is 10.8. The number of nitrogens with one attached hydrogen (secondary N) is 2. The van der Waals surface area contributed by atoms with Crippen molar-refractivity contribution in [1.29, 1.82) is 0 Å². The number of nitrogens with two attached hydrogens (primary N) is 1. The largest absolute Gasteiger partial charge is 0.378 e. The van der Waals surface area contributed by atoms with Crippen LogP contribution in [-0.2, 0) is 6.42 Å². The number of carbonyl (C=O) groups excluding carboxylic acids is 1. The normalized spacial score (nSPS) is 17.1. The molecule has 0 fully saturated rings. The monoisotopic (exact) mass is 413 g/mol. The molecule has 1 aromatic heterocycles. The number of fused-ring (bicyclic) bond motifs is 1. The van der Waals surface area contributed by atoms with Gasteiger partial charge >= 0.3 is 6.03 Å². The Balaban J connectivity index is 1.74. The average Bonchev–Trinajstić information content (AvgIpc) is 2.82. The van der Waals surface area contributed by atoms with Gasteiger partial charge in [0.05, 0.1) is 8.93 Å². The van der Waals surface area contributed by atoms with Crippen LogP contribution in [0.4, 0.5) is 16.2 Å². The SMILES string of the molecule is NC(=O)Nc1ccc(NC2CCCc3sc(I)cc32)cc1. The van der Waals surface area contributed by atoms with E-state index >= 15 is 0 Å². The highest BCUT2D eigenvalue weighted by molar-refractivity contribution is 14.1. The third kappa shape index (κ3) is 3.49. The van der Waals surface area contributed by atoms with Gasteiger partial charge in [0, 0.05) is 16.3 Å². The molecule has 0 saturated carbocycles. The zero-order valence-electron chi connectivity index (χ0n) is 11.4. The van der Waals surface area contributed by atoms with Crippen LogP contribution in [0, 0.1) is 2.88 Å². The molecule has 6 heteroatoms. The smallest absolute Gasteiger partial charge is 0.316 e. The number of amides is 2. The van der Waals surface area contributed by atoms with Crippen molar-refractivity contribution in [2.75, 3.05) is 10.6 Å². The van der Waals surface area contributed by atoms with Gasteiger partial charge in [0.2, 0.25) is 0 Å². The fourth-order valence-electron chi connectivity index (χ4n) is 2.66. The third-order valence-electron chi connectivity index (χ3n) is 3.58. The van der Waals surface area contributed by atoms with Gasteiger partial charge < -0.3 is 16.4 Å². The van der Waals surface area contributed by atoms with Crippen LogP contribution in [0.2, 0.25) is 0 Å². The molecule has 0 bridgehead atoms. The molecule has 1 aliphatic carbocycles. The number of primary amides is 1. The second-order valence-electron chi connectivity index (χ2n) is 5.08. The minimum absolute atomic E-state index is 0.378. The van der Waals surface area contributed by atoms with Crippen LogP contribution in [0.5, 0.6) is 0 Å². The van der Waals surface area contributed by atoms with Crippen LogP contribution in [-0.4, -0.2) is 6.03 Å². The molecule has 0 aliphatic heterocycles. The lowest BCUT2D eigenvalue weighted by Crippen LogP contribution is -2.19. The van der Waals surface area contributed by atoms with E-state index in [0.717, 1.165) is 12.1 Å². The quantitative estimate of drug-likeness (QED) is 0.656. The first-order valence-corrected chi connectivity index (χ1v) is 8.72. The Morgan fingerprint density at radius 3 is 2.71 bits per heavy atom. The standard InChI is InChI=1S/C15H16IN3OS/c16-14-8-11-12(2-1-3-13(11)21-14)18-9-4-6-10(7-5-9)19-15(17)20/h4-8,12,18H,1-3H2,(H3,17,19,20). The van der Waals surface area contributed by atoms with Crippen LogP contribution in [0.3, 0.4) is 0 Å². The van der Waals surface area contributed by atoms with Crippen molar-refractivity contribution in [3.05, 3.63) is 43.7 Å². The van der Waals surface area contributed by atoms with Gasteiger partial charge in [-0.3, -0.25) is 0 Å². The zero-order valence-corrected chi connectivity index (χ0v) is 14.3. The molecule has 1 heterocycles. The van der Waals surface area contributed by atoms with Gasteiger partial charge in [-0.2, -0.15) is 0 Å². The number of benzene rings is 1. The lowest BCUT2D eigenvalue weighted by atomic mass is 9.94. The molecule has 3 rings (SSSR count). The number of anilines is 2. The number of urea groups is 1. The lowest BCUT2D eigenvalue weighted by Gasteiger charge is -2.24. The number of thiophene rings is 1. The summed E-state index contributed by atoms with van der Waals surface area (Å²) in [6.07, 6.45) is 3.58. The minimum Gasteiger partial charge on any atom is -0.378 e. The number of carbonyl (C=O) groups is 1. The van der Waals surface area contributed by atoms with Crippen LogP contribution in [0.1, 0.15) is 29.3 Å². The number of halogens is 1. The van der Waals surface area contributed by atoms with Gasteiger partial charge in [-0.25, -0.2) is 4.79 Å². The van der Waals surface area contributed by atoms with E-state index in [4.69, 9.17) is 5.73 Å². The number of hydrogen-bond acceptors (Lipinski definition) is 3. The Bertz CT molecular complexity index is 653. The summed E-state index contributed by atoms with van der Waals surface area (Å²) < 4.78 is 1.35. The molecular weight excluding hydrogens is 397 g/mol. The van der Waals surface area contributed by atoms with Gasteiger partial charge in [-0.15, -0.1) is 11.3 Å². The van der Waals surface area contributed by atoms with Crippen molar-refractivity contribution in [3.63, 3.8) is 0 Å². The molecule has 0 radical (unpaired) electrons.